The minimum Gasteiger partial charge on any atom is -1.00 e. The molecule has 0 aliphatic carbocycles. The molecule has 186 valence electrons. The minimum absolute atomic E-state index is 0. The van der Waals surface area contributed by atoms with E-state index in [0.717, 1.165) is 5.56 Å². The predicted octanol–water partition coefficient (Wildman–Crippen LogP) is -1.90. The van der Waals surface area contributed by atoms with Crippen molar-refractivity contribution in [3.63, 3.8) is 0 Å². The monoisotopic (exact) mass is 500 g/mol. The number of quaternary nitrogens is 1. The number of ketones is 1. The van der Waals surface area contributed by atoms with E-state index in [0.29, 0.717) is 18.0 Å². The van der Waals surface area contributed by atoms with Crippen LogP contribution in [0.1, 0.15) is 56.8 Å². The molecule has 2 amide bonds. The number of nitrogens with two attached hydrogens (primary N) is 1. The van der Waals surface area contributed by atoms with Crippen LogP contribution < -0.4 is 27.9 Å². The van der Waals surface area contributed by atoms with Crippen molar-refractivity contribution in [3.05, 3.63) is 53.5 Å². The number of hydrogen-bond acceptors (Lipinski definition) is 7. The molecule has 35 heavy (non-hydrogen) atoms. The lowest BCUT2D eigenvalue weighted by molar-refractivity contribution is -0.447. The number of para-hydroxylation sites is 1. The van der Waals surface area contributed by atoms with Crippen LogP contribution in [0.15, 0.2) is 45.6 Å². The van der Waals surface area contributed by atoms with E-state index in [9.17, 15) is 14.4 Å². The first-order valence-corrected chi connectivity index (χ1v) is 11.3. The third kappa shape index (κ3) is 5.18. The molecule has 2 aliphatic rings. The summed E-state index contributed by atoms with van der Waals surface area (Å²) >= 11 is 0. The van der Waals surface area contributed by atoms with Gasteiger partial charge < -0.3 is 22.1 Å². The number of amides is 2. The first-order chi connectivity index (χ1) is 16.1. The topological polar surface area (TPSA) is 134 Å². The first kappa shape index (κ1) is 26.2. The molecule has 2 atom stereocenters. The van der Waals surface area contributed by atoms with Crippen molar-refractivity contribution < 1.29 is 36.5 Å². The van der Waals surface area contributed by atoms with Crippen LogP contribution in [0.4, 0.5) is 5.69 Å². The minimum atomic E-state index is -0.890. The van der Waals surface area contributed by atoms with Crippen LogP contribution in [-0.4, -0.2) is 46.2 Å². The van der Waals surface area contributed by atoms with E-state index in [1.807, 2.05) is 52.8 Å². The normalized spacial score (nSPS) is 17.6. The molecule has 2 aromatic rings. The van der Waals surface area contributed by atoms with Crippen molar-refractivity contribution in [2.75, 3.05) is 4.90 Å². The van der Waals surface area contributed by atoms with Crippen molar-refractivity contribution >= 4 is 29.6 Å². The van der Waals surface area contributed by atoms with Crippen LogP contribution >= 0.6 is 0 Å². The van der Waals surface area contributed by atoms with Gasteiger partial charge in [-0.15, -0.1) is 10.2 Å². The highest BCUT2D eigenvalue weighted by atomic mass is 35.5. The number of nitrogens with zero attached hydrogens (tertiary/aromatic N) is 4. The molecule has 0 saturated carbocycles. The zero-order chi connectivity index (χ0) is 24.6. The van der Waals surface area contributed by atoms with E-state index in [1.165, 1.54) is 11.2 Å². The predicted molar refractivity (Wildman–Crippen MR) is 124 cm³/mol. The average Bonchev–Trinajstić information content (AvgIpc) is 3.54. The molecule has 2 aliphatic heterocycles. The Bertz CT molecular complexity index is 1200. The number of hydrogen-bond donors (Lipinski definition) is 2. The number of nitrogens with one attached hydrogen (secondary N) is 1. The van der Waals surface area contributed by atoms with E-state index in [4.69, 9.17) is 4.42 Å². The van der Waals surface area contributed by atoms with Gasteiger partial charge in [-0.2, -0.15) is 4.99 Å². The molecule has 1 aromatic carbocycles. The number of aliphatic imine (C=N–C) groups is 1. The smallest absolute Gasteiger partial charge is 0.286 e. The molecule has 10 nitrogen and oxygen atoms in total. The lowest BCUT2D eigenvalue weighted by atomic mass is 9.97. The Balaban J connectivity index is 0.00000342. The number of halogens is 1. The molecule has 4 rings (SSSR count). The summed E-state index contributed by atoms with van der Waals surface area (Å²) in [5.41, 5.74) is 1.39. The third-order valence-electron chi connectivity index (χ3n) is 5.79. The third-order valence-corrected chi connectivity index (χ3v) is 5.79. The number of carbonyl (C=O) groups excluding carboxylic acids is 3. The molecule has 0 unspecified atom stereocenters. The molecule has 0 bridgehead atoms. The standard InChI is InChI=1S/C24H28N6O4.ClH/c1-13(2)18(19(31)21-28-29-23(34-21)24(3,4)5)27-20(32)17-10-14-8-6-7-9-16(14)30(17)22(33)15-11-25-12-26-15;/h6-9,11-13,17-18H,10H2,1-5H3,(H,25,26)(H,27,32);1H/t17-,18-;/m0./s1. The first-order valence-electron chi connectivity index (χ1n) is 11.3. The zero-order valence-corrected chi connectivity index (χ0v) is 21.0. The summed E-state index contributed by atoms with van der Waals surface area (Å²) < 4.78 is 5.61. The SMILES string of the molecule is CC(C)[C@H](NC(=O)[C@@H]1Cc2ccccc2N1C(=O)C1=C[NH2+]C=N1)C(=O)c1nnc(C(C)(C)C)o1.[Cl-]. The average molecular weight is 501 g/mol. The zero-order valence-electron chi connectivity index (χ0n) is 20.3. The van der Waals surface area contributed by atoms with Gasteiger partial charge in [-0.05, 0) is 17.5 Å². The molecule has 11 heteroatoms. The maximum absolute atomic E-state index is 13.5. The summed E-state index contributed by atoms with van der Waals surface area (Å²) in [7, 11) is 0. The van der Waals surface area contributed by atoms with Gasteiger partial charge in [-0.25, -0.2) is 0 Å². The Hall–Kier alpha value is -3.37. The van der Waals surface area contributed by atoms with Crippen molar-refractivity contribution in [3.8, 4) is 0 Å². The highest BCUT2D eigenvalue weighted by Crippen LogP contribution is 2.33. The maximum Gasteiger partial charge on any atom is 0.286 e. The second-order valence-corrected chi connectivity index (χ2v) is 9.80. The van der Waals surface area contributed by atoms with Crippen LogP contribution in [0.2, 0.25) is 0 Å². The van der Waals surface area contributed by atoms with Crippen LogP contribution in [0.3, 0.4) is 0 Å². The van der Waals surface area contributed by atoms with Gasteiger partial charge in [0, 0.05) is 17.5 Å². The Kier molecular flexibility index (Phi) is 7.56. The summed E-state index contributed by atoms with van der Waals surface area (Å²) in [6, 6.07) is 5.67. The van der Waals surface area contributed by atoms with E-state index >= 15 is 0 Å². The van der Waals surface area contributed by atoms with Gasteiger partial charge in [0.25, 0.3) is 11.8 Å². The van der Waals surface area contributed by atoms with Gasteiger partial charge in [0.2, 0.25) is 17.6 Å². The van der Waals surface area contributed by atoms with E-state index in [2.05, 4.69) is 20.5 Å². The number of fused-ring (bicyclic) bond motifs is 1. The highest BCUT2D eigenvalue weighted by molar-refractivity contribution is 6.12. The molecule has 3 N–H and O–H groups in total. The Labute approximate surface area is 209 Å². The lowest BCUT2D eigenvalue weighted by Crippen LogP contribution is -3.00. The number of rotatable bonds is 6. The molecule has 0 spiro atoms. The fourth-order valence-corrected chi connectivity index (χ4v) is 3.94. The van der Waals surface area contributed by atoms with Crippen molar-refractivity contribution in [2.24, 2.45) is 10.9 Å². The molecule has 3 heterocycles. The molecule has 1 aromatic heterocycles. The maximum atomic E-state index is 13.5. The van der Waals surface area contributed by atoms with Crippen LogP contribution in [0.5, 0.6) is 0 Å². The number of benzene rings is 1. The summed E-state index contributed by atoms with van der Waals surface area (Å²) in [6.45, 7) is 9.36. The van der Waals surface area contributed by atoms with Crippen LogP contribution in [-0.2, 0) is 21.4 Å². The Morgan fingerprint density at radius 2 is 1.89 bits per heavy atom. The van der Waals surface area contributed by atoms with Gasteiger partial charge >= 0.3 is 0 Å². The summed E-state index contributed by atoms with van der Waals surface area (Å²) in [5, 5.41) is 12.4. The van der Waals surface area contributed by atoms with Crippen LogP contribution in [0, 0.1) is 5.92 Å². The van der Waals surface area contributed by atoms with Crippen molar-refractivity contribution in [2.45, 2.75) is 58.5 Å². The molecular weight excluding hydrogens is 472 g/mol. The van der Waals surface area contributed by atoms with E-state index in [-0.39, 0.29) is 35.8 Å². The molecule has 0 radical (unpaired) electrons. The number of anilines is 1. The summed E-state index contributed by atoms with van der Waals surface area (Å²) in [6.07, 6.45) is 3.48. The number of Topliss-reactive ketones (excluding diaryl/α,β-unsaturated/α-hetero) is 1. The van der Waals surface area contributed by atoms with Crippen molar-refractivity contribution in [1.82, 2.24) is 15.5 Å². The number of carbonyl (C=O) groups is 3. The van der Waals surface area contributed by atoms with Gasteiger partial charge in [0.1, 0.15) is 12.2 Å². The fraction of sp³-hybridized carbons (Fsp3) is 0.417. The van der Waals surface area contributed by atoms with E-state index < -0.39 is 29.2 Å². The Morgan fingerprint density at radius 3 is 2.49 bits per heavy atom. The summed E-state index contributed by atoms with van der Waals surface area (Å²) in [4.78, 5) is 45.5. The summed E-state index contributed by atoms with van der Waals surface area (Å²) in [5.74, 6) is -1.31. The van der Waals surface area contributed by atoms with Crippen molar-refractivity contribution in [1.29, 1.82) is 0 Å². The van der Waals surface area contributed by atoms with Gasteiger partial charge in [0.05, 0.1) is 6.04 Å². The quantitative estimate of drug-likeness (QED) is 0.445. The van der Waals surface area contributed by atoms with Crippen LogP contribution in [0.25, 0.3) is 0 Å². The second-order valence-electron chi connectivity index (χ2n) is 9.80. The van der Waals surface area contributed by atoms with Gasteiger partial charge in [-0.3, -0.25) is 24.6 Å². The number of aromatic nitrogens is 2. The van der Waals surface area contributed by atoms with E-state index in [1.54, 1.807) is 17.6 Å². The molecular formula is C24H29ClN6O4. The van der Waals surface area contributed by atoms with Gasteiger partial charge in [0.15, 0.2) is 12.0 Å². The highest BCUT2D eigenvalue weighted by Gasteiger charge is 2.42. The largest absolute Gasteiger partial charge is 1.00 e. The lowest BCUT2D eigenvalue weighted by Gasteiger charge is -2.27. The second kappa shape index (κ2) is 10.1. The fourth-order valence-electron chi connectivity index (χ4n) is 3.94. The molecule has 0 fully saturated rings. The van der Waals surface area contributed by atoms with Gasteiger partial charge in [-0.1, -0.05) is 52.8 Å². The Morgan fingerprint density at radius 1 is 1.17 bits per heavy atom. The molecule has 0 saturated heterocycles.